The largest absolute Gasteiger partial charge is 0.381 e. The number of halogens is 2. The van der Waals surface area contributed by atoms with Crippen molar-refractivity contribution in [3.8, 4) is 0 Å². The molecule has 2 saturated heterocycles. The van der Waals surface area contributed by atoms with Crippen LogP contribution in [0.25, 0.3) is 0 Å². The quantitative estimate of drug-likeness (QED) is 0.727. The minimum atomic E-state index is -0.501. The van der Waals surface area contributed by atoms with E-state index in [-0.39, 0.29) is 34.7 Å². The summed E-state index contributed by atoms with van der Waals surface area (Å²) in [5, 5.41) is 4.50. The van der Waals surface area contributed by atoms with Crippen molar-refractivity contribution < 1.29 is 18.7 Å². The van der Waals surface area contributed by atoms with Crippen LogP contribution < -0.4 is 4.90 Å². The van der Waals surface area contributed by atoms with Gasteiger partial charge in [0.05, 0.1) is 48.7 Å². The van der Waals surface area contributed by atoms with Crippen LogP contribution in [0.15, 0.2) is 24.4 Å². The number of carbonyl (C=O) groups is 2. The summed E-state index contributed by atoms with van der Waals surface area (Å²) in [7, 11) is 0. The molecular weight excluding hydrogens is 423 g/mol. The van der Waals surface area contributed by atoms with Gasteiger partial charge in [0.15, 0.2) is 0 Å². The highest BCUT2D eigenvalue weighted by molar-refractivity contribution is 6.30. The molecule has 2 fully saturated rings. The van der Waals surface area contributed by atoms with Crippen LogP contribution in [-0.2, 0) is 33.8 Å². The molecule has 0 saturated carbocycles. The summed E-state index contributed by atoms with van der Waals surface area (Å²) in [5.74, 6) is -0.487. The topological polar surface area (TPSA) is 67.7 Å². The van der Waals surface area contributed by atoms with E-state index in [1.54, 1.807) is 17.2 Å². The number of carbonyl (C=O) groups excluding carboxylic acids is 2. The molecule has 7 nitrogen and oxygen atoms in total. The predicted molar refractivity (Wildman–Crippen MR) is 112 cm³/mol. The second-order valence-electron chi connectivity index (χ2n) is 8.91. The van der Waals surface area contributed by atoms with Gasteiger partial charge in [-0.2, -0.15) is 5.10 Å². The molecular formula is C22H24ClFN4O3. The van der Waals surface area contributed by atoms with Gasteiger partial charge < -0.3 is 14.5 Å². The Morgan fingerprint density at radius 3 is 3.00 bits per heavy atom. The number of ether oxygens (including phenoxy) is 1. The van der Waals surface area contributed by atoms with Crippen molar-refractivity contribution in [1.29, 1.82) is 0 Å². The number of anilines is 1. The first kappa shape index (κ1) is 20.5. The Morgan fingerprint density at radius 1 is 1.42 bits per heavy atom. The van der Waals surface area contributed by atoms with E-state index >= 15 is 0 Å². The monoisotopic (exact) mass is 446 g/mol. The van der Waals surface area contributed by atoms with Crippen molar-refractivity contribution in [3.05, 3.63) is 46.5 Å². The van der Waals surface area contributed by atoms with E-state index in [0.717, 1.165) is 17.8 Å². The Hall–Kier alpha value is -2.45. The Morgan fingerprint density at radius 2 is 2.26 bits per heavy atom. The van der Waals surface area contributed by atoms with E-state index in [1.807, 2.05) is 16.5 Å². The third-order valence-corrected chi connectivity index (χ3v) is 6.96. The molecule has 1 aromatic carbocycles. The first-order chi connectivity index (χ1) is 14.8. The van der Waals surface area contributed by atoms with Gasteiger partial charge in [0, 0.05) is 31.0 Å². The lowest BCUT2D eigenvalue weighted by atomic mass is 9.86. The molecule has 2 atom stereocenters. The molecule has 164 valence electrons. The number of hydrogen-bond acceptors (Lipinski definition) is 4. The highest BCUT2D eigenvalue weighted by Gasteiger charge is 2.47. The number of benzene rings is 1. The number of nitrogens with zero attached hydrogens (tertiary/aromatic N) is 4. The Kier molecular flexibility index (Phi) is 5.01. The van der Waals surface area contributed by atoms with Crippen LogP contribution in [0.5, 0.6) is 0 Å². The molecule has 0 radical (unpaired) electrons. The fraction of sp³-hybridized carbons (Fsp3) is 0.500. The molecule has 3 aliphatic heterocycles. The van der Waals surface area contributed by atoms with Crippen LogP contribution in [0.3, 0.4) is 0 Å². The van der Waals surface area contributed by atoms with Crippen LogP contribution in [0.2, 0.25) is 5.02 Å². The van der Waals surface area contributed by atoms with Gasteiger partial charge in [0.25, 0.3) is 0 Å². The number of amides is 2. The molecule has 31 heavy (non-hydrogen) atoms. The van der Waals surface area contributed by atoms with Gasteiger partial charge in [-0.15, -0.1) is 0 Å². The second kappa shape index (κ2) is 7.60. The van der Waals surface area contributed by atoms with E-state index < -0.39 is 5.82 Å². The number of fused-ring (bicyclic) bond motifs is 1. The molecule has 1 aromatic heterocycles. The summed E-state index contributed by atoms with van der Waals surface area (Å²) in [6, 6.07) is 4.30. The molecule has 9 heteroatoms. The van der Waals surface area contributed by atoms with Gasteiger partial charge >= 0.3 is 0 Å². The minimum Gasteiger partial charge on any atom is -0.381 e. The normalized spacial score (nSPS) is 25.5. The predicted octanol–water partition coefficient (Wildman–Crippen LogP) is 2.79. The summed E-state index contributed by atoms with van der Waals surface area (Å²) in [6.45, 7) is 4.84. The van der Waals surface area contributed by atoms with Gasteiger partial charge in [-0.25, -0.2) is 4.39 Å². The molecule has 0 bridgehead atoms. The van der Waals surface area contributed by atoms with Gasteiger partial charge in [0.2, 0.25) is 11.8 Å². The maximum absolute atomic E-state index is 13.4. The molecule has 5 rings (SSSR count). The van der Waals surface area contributed by atoms with Crippen LogP contribution in [0.4, 0.5) is 10.1 Å². The number of aromatic nitrogens is 2. The fourth-order valence-electron chi connectivity index (χ4n) is 4.90. The van der Waals surface area contributed by atoms with E-state index in [1.165, 1.54) is 12.1 Å². The Labute approximate surface area is 184 Å². The zero-order valence-corrected chi connectivity index (χ0v) is 18.1. The molecule has 4 heterocycles. The zero-order chi connectivity index (χ0) is 21.8. The third kappa shape index (κ3) is 3.61. The summed E-state index contributed by atoms with van der Waals surface area (Å²) in [6.07, 6.45) is 3.25. The SMILES string of the molecule is C[C@H]1Cn2ncc(N3CC4(CCOC4)CC3=O)c2CN1C(=O)Cc1ccc(F)c(Cl)c1. The van der Waals surface area contributed by atoms with Gasteiger partial charge in [-0.1, -0.05) is 17.7 Å². The average Bonchev–Trinajstić information content (AvgIpc) is 3.43. The summed E-state index contributed by atoms with van der Waals surface area (Å²) < 4.78 is 20.9. The molecule has 2 aromatic rings. The van der Waals surface area contributed by atoms with E-state index in [0.29, 0.717) is 44.8 Å². The minimum absolute atomic E-state index is 0.00900. The first-order valence-corrected chi connectivity index (χ1v) is 10.9. The summed E-state index contributed by atoms with van der Waals surface area (Å²) in [4.78, 5) is 29.5. The lowest BCUT2D eigenvalue weighted by molar-refractivity contribution is -0.134. The lowest BCUT2D eigenvalue weighted by Crippen LogP contribution is -2.46. The van der Waals surface area contributed by atoms with Crippen molar-refractivity contribution in [3.63, 3.8) is 0 Å². The average molecular weight is 447 g/mol. The van der Waals surface area contributed by atoms with Crippen molar-refractivity contribution in [2.75, 3.05) is 24.7 Å². The molecule has 2 amide bonds. The highest BCUT2D eigenvalue weighted by Crippen LogP contribution is 2.42. The fourth-order valence-corrected chi connectivity index (χ4v) is 5.10. The molecule has 0 N–H and O–H groups in total. The van der Waals surface area contributed by atoms with Crippen LogP contribution in [0.1, 0.15) is 31.0 Å². The van der Waals surface area contributed by atoms with Crippen molar-refractivity contribution in [2.45, 2.75) is 45.3 Å². The van der Waals surface area contributed by atoms with E-state index in [9.17, 15) is 14.0 Å². The van der Waals surface area contributed by atoms with Crippen LogP contribution in [-0.4, -0.2) is 52.3 Å². The van der Waals surface area contributed by atoms with Crippen LogP contribution in [0, 0.1) is 11.2 Å². The Balaban J connectivity index is 1.36. The smallest absolute Gasteiger partial charge is 0.227 e. The van der Waals surface area contributed by atoms with Gasteiger partial charge in [0.1, 0.15) is 5.82 Å². The Bertz CT molecular complexity index is 1050. The van der Waals surface area contributed by atoms with Gasteiger partial charge in [-0.05, 0) is 31.0 Å². The van der Waals surface area contributed by atoms with Crippen molar-refractivity contribution in [2.24, 2.45) is 5.41 Å². The standard InChI is InChI=1S/C22H24ClFN4O3/c1-14-10-28-19(11-26(14)20(29)7-15-2-3-17(24)16(23)6-15)18(9-25-28)27-12-22(8-21(27)30)4-5-31-13-22/h2-3,6,9,14H,4-5,7-8,10-13H2,1H3/t14-,22?/m0/s1. The zero-order valence-electron chi connectivity index (χ0n) is 17.3. The number of hydrogen-bond donors (Lipinski definition) is 0. The molecule has 3 aliphatic rings. The highest BCUT2D eigenvalue weighted by atomic mass is 35.5. The number of rotatable bonds is 3. The molecule has 0 aliphatic carbocycles. The molecule has 1 unspecified atom stereocenters. The maximum atomic E-state index is 13.4. The third-order valence-electron chi connectivity index (χ3n) is 6.67. The van der Waals surface area contributed by atoms with Crippen molar-refractivity contribution in [1.82, 2.24) is 14.7 Å². The lowest BCUT2D eigenvalue weighted by Gasteiger charge is -2.35. The summed E-state index contributed by atoms with van der Waals surface area (Å²) in [5.41, 5.74) is 2.21. The van der Waals surface area contributed by atoms with Crippen molar-refractivity contribution >= 4 is 29.1 Å². The van der Waals surface area contributed by atoms with Gasteiger partial charge in [-0.3, -0.25) is 14.3 Å². The second-order valence-corrected chi connectivity index (χ2v) is 9.32. The van der Waals surface area contributed by atoms with E-state index in [4.69, 9.17) is 16.3 Å². The first-order valence-electron chi connectivity index (χ1n) is 10.5. The maximum Gasteiger partial charge on any atom is 0.227 e. The van der Waals surface area contributed by atoms with Crippen LogP contribution >= 0.6 is 11.6 Å². The van der Waals surface area contributed by atoms with E-state index in [2.05, 4.69) is 5.10 Å². The summed E-state index contributed by atoms with van der Waals surface area (Å²) >= 11 is 5.86. The molecule has 1 spiro atoms.